The third-order valence-electron chi connectivity index (χ3n) is 4.55. The zero-order valence-corrected chi connectivity index (χ0v) is 17.8. The van der Waals surface area contributed by atoms with Crippen LogP contribution in [-0.4, -0.2) is 28.7 Å². The van der Waals surface area contributed by atoms with E-state index in [-0.39, 0.29) is 7.53 Å². The summed E-state index contributed by atoms with van der Waals surface area (Å²) in [4.78, 5) is 20.8. The highest BCUT2D eigenvalue weighted by molar-refractivity contribution is 7.17. The Morgan fingerprint density at radius 2 is 1.84 bits per heavy atom. The van der Waals surface area contributed by atoms with Crippen molar-refractivity contribution < 1.29 is 15.7 Å². The molecule has 0 aliphatic rings. The number of nitrogens with one attached hydrogen (secondary N) is 2. The zero-order chi connectivity index (χ0) is 21.5. The summed E-state index contributed by atoms with van der Waals surface area (Å²) in [5.41, 5.74) is 1.53. The lowest BCUT2D eigenvalue weighted by molar-refractivity contribution is 0.115. The molecule has 0 aliphatic carbocycles. The minimum absolute atomic E-state index is 0. The monoisotopic (exact) mass is 436 g/mol. The van der Waals surface area contributed by atoms with Crippen molar-refractivity contribution in [1.82, 2.24) is 9.97 Å². The van der Waals surface area contributed by atoms with Crippen molar-refractivity contribution in [3.8, 4) is 11.5 Å². The minimum Gasteiger partial charge on any atom is -0.457 e. The Hall–Kier alpha value is -3.65. The van der Waals surface area contributed by atoms with Crippen molar-refractivity contribution >= 4 is 39.2 Å². The first-order valence-electron chi connectivity index (χ1n) is 9.94. The van der Waals surface area contributed by atoms with Gasteiger partial charge in [0.05, 0.1) is 16.8 Å². The smallest absolute Gasteiger partial charge is 0.411 e. The maximum Gasteiger partial charge on any atom is 0.411 e. The van der Waals surface area contributed by atoms with Gasteiger partial charge in [-0.3, -0.25) is 5.32 Å². The molecule has 0 aliphatic heterocycles. The van der Waals surface area contributed by atoms with Gasteiger partial charge in [0.2, 0.25) is 0 Å². The predicted molar refractivity (Wildman–Crippen MR) is 125 cm³/mol. The summed E-state index contributed by atoms with van der Waals surface area (Å²) < 4.78 is 12.3. The number of fused-ring (bicyclic) bond motifs is 1. The molecule has 1 unspecified atom stereocenters. The second kappa shape index (κ2) is 9.90. The van der Waals surface area contributed by atoms with Gasteiger partial charge >= 0.3 is 6.09 Å². The Balaban J connectivity index is 0.00000289. The Morgan fingerprint density at radius 3 is 2.61 bits per heavy atom. The van der Waals surface area contributed by atoms with Crippen LogP contribution in [0.3, 0.4) is 0 Å². The van der Waals surface area contributed by atoms with Gasteiger partial charge in [-0.1, -0.05) is 25.1 Å². The van der Waals surface area contributed by atoms with E-state index in [1.807, 2.05) is 48.7 Å². The number of aromatic nitrogens is 2. The van der Waals surface area contributed by atoms with Crippen LogP contribution < -0.4 is 15.4 Å². The van der Waals surface area contributed by atoms with Crippen molar-refractivity contribution in [1.29, 1.82) is 0 Å². The van der Waals surface area contributed by atoms with Crippen LogP contribution in [0.5, 0.6) is 11.5 Å². The van der Waals surface area contributed by atoms with Crippen LogP contribution in [0.4, 0.5) is 16.3 Å². The largest absolute Gasteiger partial charge is 0.457 e. The summed E-state index contributed by atoms with van der Waals surface area (Å²) in [6, 6.07) is 18.6. The maximum absolute atomic E-state index is 12.3. The highest BCUT2D eigenvalue weighted by Crippen LogP contribution is 2.25. The molecule has 160 valence electrons. The highest BCUT2D eigenvalue weighted by atomic mass is 32.1. The predicted octanol–water partition coefficient (Wildman–Crippen LogP) is 6.17. The SMILES string of the molecule is CCC(CNc1ncnc2ccsc12)OC(=O)Nc1ccc(Oc2ccccc2)cc1.[HH]. The van der Waals surface area contributed by atoms with Crippen LogP contribution >= 0.6 is 11.3 Å². The summed E-state index contributed by atoms with van der Waals surface area (Å²) in [6.07, 6.45) is 1.39. The number of hydrogen-bond acceptors (Lipinski definition) is 7. The van der Waals surface area contributed by atoms with Crippen molar-refractivity contribution in [3.63, 3.8) is 0 Å². The molecule has 4 aromatic rings. The van der Waals surface area contributed by atoms with E-state index >= 15 is 0 Å². The second-order valence-corrected chi connectivity index (χ2v) is 7.65. The molecular weight excluding hydrogens is 412 g/mol. The minimum atomic E-state index is -0.505. The number of ether oxygens (including phenoxy) is 2. The Labute approximate surface area is 185 Å². The molecule has 2 N–H and O–H groups in total. The van der Waals surface area contributed by atoms with Gasteiger partial charge in [-0.05, 0) is 54.3 Å². The van der Waals surface area contributed by atoms with E-state index in [2.05, 4.69) is 20.6 Å². The molecule has 0 fully saturated rings. The average molecular weight is 437 g/mol. The molecule has 7 nitrogen and oxygen atoms in total. The molecule has 1 atom stereocenters. The topological polar surface area (TPSA) is 85.4 Å². The molecule has 2 heterocycles. The molecular formula is C23H24N4O3S. The van der Waals surface area contributed by atoms with Crippen molar-refractivity contribution in [2.45, 2.75) is 19.4 Å². The van der Waals surface area contributed by atoms with Gasteiger partial charge in [0.25, 0.3) is 0 Å². The Kier molecular flexibility index (Phi) is 6.59. The maximum atomic E-state index is 12.3. The van der Waals surface area contributed by atoms with Gasteiger partial charge in [-0.2, -0.15) is 0 Å². The summed E-state index contributed by atoms with van der Waals surface area (Å²) in [5.74, 6) is 2.19. The molecule has 2 aromatic carbocycles. The first kappa shape index (κ1) is 20.6. The quantitative estimate of drug-likeness (QED) is 0.344. The number of anilines is 2. The number of amides is 1. The summed E-state index contributed by atoms with van der Waals surface area (Å²) in [6.45, 7) is 2.42. The van der Waals surface area contributed by atoms with Crippen LogP contribution in [0.1, 0.15) is 14.8 Å². The highest BCUT2D eigenvalue weighted by Gasteiger charge is 2.14. The number of rotatable bonds is 8. The van der Waals surface area contributed by atoms with Crippen LogP contribution in [0.25, 0.3) is 10.2 Å². The van der Waals surface area contributed by atoms with Gasteiger partial charge in [0.15, 0.2) is 0 Å². The van der Waals surface area contributed by atoms with E-state index in [1.165, 1.54) is 6.33 Å². The molecule has 1 amide bonds. The van der Waals surface area contributed by atoms with Crippen molar-refractivity contribution in [3.05, 3.63) is 72.4 Å². The molecule has 0 spiro atoms. The van der Waals surface area contributed by atoms with E-state index in [9.17, 15) is 4.79 Å². The third-order valence-corrected chi connectivity index (χ3v) is 5.46. The summed E-state index contributed by atoms with van der Waals surface area (Å²) in [7, 11) is 0. The zero-order valence-electron chi connectivity index (χ0n) is 16.9. The Bertz CT molecular complexity index is 1140. The first-order chi connectivity index (χ1) is 15.2. The molecule has 0 radical (unpaired) electrons. The van der Waals surface area contributed by atoms with Crippen molar-refractivity contribution in [2.24, 2.45) is 0 Å². The number of hydrogen-bond donors (Lipinski definition) is 2. The van der Waals surface area contributed by atoms with E-state index in [4.69, 9.17) is 9.47 Å². The fourth-order valence-electron chi connectivity index (χ4n) is 2.92. The number of thiophene rings is 1. The number of nitrogens with zero attached hydrogens (tertiary/aromatic N) is 2. The van der Waals surface area contributed by atoms with Gasteiger partial charge in [0, 0.05) is 7.11 Å². The van der Waals surface area contributed by atoms with E-state index < -0.39 is 6.09 Å². The third kappa shape index (κ3) is 5.49. The molecule has 2 aromatic heterocycles. The van der Waals surface area contributed by atoms with Crippen molar-refractivity contribution in [2.75, 3.05) is 17.2 Å². The fraction of sp³-hybridized carbons (Fsp3) is 0.174. The molecule has 0 saturated carbocycles. The standard InChI is InChI=1S/C23H22N4O3S.H2/c1-2-17(14-24-22-21-20(12-13-31-21)25-15-26-22)30-23(28)27-16-8-10-19(11-9-16)29-18-6-4-3-5-7-18;/h3-13,15,17H,2,14H2,1H3,(H,27,28)(H,24,25,26);1H. The van der Waals surface area contributed by atoms with Crippen LogP contribution in [0.15, 0.2) is 72.4 Å². The number of benzene rings is 2. The van der Waals surface area contributed by atoms with Gasteiger partial charge < -0.3 is 14.8 Å². The molecule has 8 heteroatoms. The second-order valence-electron chi connectivity index (χ2n) is 6.74. The van der Waals surface area contributed by atoms with Crippen LogP contribution in [0.2, 0.25) is 0 Å². The van der Waals surface area contributed by atoms with Crippen LogP contribution in [0, 0.1) is 0 Å². The molecule has 0 saturated heterocycles. The summed E-state index contributed by atoms with van der Waals surface area (Å²) >= 11 is 1.57. The normalized spacial score (nSPS) is 11.6. The number of para-hydroxylation sites is 1. The molecule has 4 rings (SSSR count). The average Bonchev–Trinajstić information content (AvgIpc) is 3.28. The van der Waals surface area contributed by atoms with E-state index in [0.717, 1.165) is 21.8 Å². The van der Waals surface area contributed by atoms with E-state index in [0.29, 0.717) is 24.4 Å². The first-order valence-corrected chi connectivity index (χ1v) is 10.8. The molecule has 0 bridgehead atoms. The molecule has 31 heavy (non-hydrogen) atoms. The van der Waals surface area contributed by atoms with Crippen LogP contribution in [-0.2, 0) is 4.74 Å². The summed E-state index contributed by atoms with van der Waals surface area (Å²) in [5, 5.41) is 7.99. The fourth-order valence-corrected chi connectivity index (χ4v) is 3.74. The lowest BCUT2D eigenvalue weighted by Gasteiger charge is -2.18. The Morgan fingerprint density at radius 1 is 1.06 bits per heavy atom. The number of carbonyl (C=O) groups is 1. The number of carbonyl (C=O) groups excluding carboxylic acids is 1. The van der Waals surface area contributed by atoms with Gasteiger partial charge in [-0.15, -0.1) is 11.3 Å². The van der Waals surface area contributed by atoms with Gasteiger partial charge in [-0.25, -0.2) is 14.8 Å². The lowest BCUT2D eigenvalue weighted by Crippen LogP contribution is -2.28. The lowest BCUT2D eigenvalue weighted by atomic mass is 10.2. The van der Waals surface area contributed by atoms with E-state index in [1.54, 1.807) is 35.6 Å². The van der Waals surface area contributed by atoms with Gasteiger partial charge in [0.1, 0.15) is 29.7 Å².